The smallest absolute Gasteiger partial charge is 0.389 e. The maximum absolute atomic E-state index is 12.1. The van der Waals surface area contributed by atoms with Crippen LogP contribution in [-0.2, 0) is 11.2 Å². The number of aliphatic hydroxyl groups is 1. The molecule has 8 heteroatoms. The first-order valence-electron chi connectivity index (χ1n) is 6.78. The third-order valence-corrected chi connectivity index (χ3v) is 3.61. The van der Waals surface area contributed by atoms with E-state index in [0.29, 0.717) is 6.42 Å². The van der Waals surface area contributed by atoms with E-state index < -0.39 is 31.0 Å². The highest BCUT2D eigenvalue weighted by Gasteiger charge is 2.36. The van der Waals surface area contributed by atoms with Crippen molar-refractivity contribution in [3.05, 3.63) is 17.5 Å². The van der Waals surface area contributed by atoms with E-state index in [4.69, 9.17) is 0 Å². The number of aliphatic hydroxyl groups excluding tert-OH is 1. The van der Waals surface area contributed by atoms with Crippen LogP contribution in [-0.4, -0.2) is 51.5 Å². The maximum Gasteiger partial charge on any atom is 0.389 e. The molecule has 21 heavy (non-hydrogen) atoms. The summed E-state index contributed by atoms with van der Waals surface area (Å²) in [5, 5.41) is 16.8. The lowest BCUT2D eigenvalue weighted by molar-refractivity contribution is -0.148. The van der Waals surface area contributed by atoms with Crippen LogP contribution in [0.3, 0.4) is 0 Å². The minimum Gasteiger partial charge on any atom is -0.391 e. The number of β-amino-alcohol motifs (C(OH)–C–C–N with tert-alkyl or cyclic N) is 1. The van der Waals surface area contributed by atoms with Crippen molar-refractivity contribution >= 4 is 5.91 Å². The van der Waals surface area contributed by atoms with E-state index in [1.54, 1.807) is 0 Å². The largest absolute Gasteiger partial charge is 0.391 e. The first-order valence-corrected chi connectivity index (χ1v) is 6.78. The molecule has 1 aliphatic heterocycles. The number of likely N-dealkylation sites (tertiary alicyclic amines) is 1. The number of aromatic amines is 1. The number of alkyl halides is 3. The SMILES string of the molecule is Cc1cc(C[C@@H]2CN(C(=O)CCC(F)(F)F)C[C@H]2O)n[nH]1. The number of hydrogen-bond acceptors (Lipinski definition) is 3. The van der Waals surface area contributed by atoms with Gasteiger partial charge in [0.25, 0.3) is 0 Å². The number of nitrogens with one attached hydrogen (secondary N) is 1. The number of carbonyl (C=O) groups is 1. The molecule has 2 rings (SSSR count). The maximum atomic E-state index is 12.1. The monoisotopic (exact) mass is 305 g/mol. The second-order valence-corrected chi connectivity index (χ2v) is 5.49. The molecular formula is C13H18F3N3O2. The van der Waals surface area contributed by atoms with Crippen LogP contribution in [0.4, 0.5) is 13.2 Å². The van der Waals surface area contributed by atoms with Crippen molar-refractivity contribution in [2.24, 2.45) is 5.92 Å². The number of halogens is 3. The molecule has 1 fully saturated rings. The molecule has 2 atom stereocenters. The number of rotatable bonds is 4. The van der Waals surface area contributed by atoms with Crippen molar-refractivity contribution in [2.75, 3.05) is 13.1 Å². The summed E-state index contributed by atoms with van der Waals surface area (Å²) in [7, 11) is 0. The number of aryl methyl sites for hydroxylation is 1. The summed E-state index contributed by atoms with van der Waals surface area (Å²) in [6.07, 6.45) is -6.25. The van der Waals surface area contributed by atoms with Crippen molar-refractivity contribution < 1.29 is 23.1 Å². The normalized spacial score (nSPS) is 22.8. The van der Waals surface area contributed by atoms with Crippen LogP contribution in [0.2, 0.25) is 0 Å². The quantitative estimate of drug-likeness (QED) is 0.884. The number of H-pyrrole nitrogens is 1. The molecule has 0 unspecified atom stereocenters. The lowest BCUT2D eigenvalue weighted by atomic mass is 10.0. The molecule has 1 saturated heterocycles. The van der Waals surface area contributed by atoms with Gasteiger partial charge < -0.3 is 10.0 Å². The van der Waals surface area contributed by atoms with Gasteiger partial charge in [0.1, 0.15) is 0 Å². The van der Waals surface area contributed by atoms with Gasteiger partial charge in [-0.3, -0.25) is 9.89 Å². The predicted molar refractivity (Wildman–Crippen MR) is 68.4 cm³/mol. The molecule has 0 aromatic carbocycles. The Kier molecular flexibility index (Phi) is 4.55. The third-order valence-electron chi connectivity index (χ3n) is 3.61. The molecule has 0 saturated carbocycles. The van der Waals surface area contributed by atoms with Gasteiger partial charge in [-0.25, -0.2) is 0 Å². The van der Waals surface area contributed by atoms with Crippen LogP contribution in [0.15, 0.2) is 6.07 Å². The number of hydrogen-bond donors (Lipinski definition) is 2. The Morgan fingerprint density at radius 3 is 2.81 bits per heavy atom. The van der Waals surface area contributed by atoms with E-state index in [1.165, 1.54) is 4.90 Å². The van der Waals surface area contributed by atoms with Gasteiger partial charge in [-0.15, -0.1) is 0 Å². The first-order chi connectivity index (χ1) is 9.74. The fraction of sp³-hybridized carbons (Fsp3) is 0.692. The zero-order chi connectivity index (χ0) is 15.6. The molecule has 2 N–H and O–H groups in total. The molecule has 118 valence electrons. The number of aromatic nitrogens is 2. The van der Waals surface area contributed by atoms with Gasteiger partial charge in [0.15, 0.2) is 0 Å². The van der Waals surface area contributed by atoms with Gasteiger partial charge in [-0.05, 0) is 19.4 Å². The highest BCUT2D eigenvalue weighted by molar-refractivity contribution is 5.76. The van der Waals surface area contributed by atoms with Gasteiger partial charge in [0.2, 0.25) is 5.91 Å². The topological polar surface area (TPSA) is 69.2 Å². The van der Waals surface area contributed by atoms with E-state index in [-0.39, 0.29) is 19.0 Å². The predicted octanol–water partition coefficient (Wildman–Crippen LogP) is 1.42. The summed E-state index contributed by atoms with van der Waals surface area (Å²) in [5.74, 6) is -0.755. The molecule has 1 amide bonds. The number of amides is 1. The molecular weight excluding hydrogens is 287 g/mol. The molecule has 5 nitrogen and oxygen atoms in total. The van der Waals surface area contributed by atoms with Gasteiger partial charge in [0.05, 0.1) is 18.2 Å². The zero-order valence-electron chi connectivity index (χ0n) is 11.7. The Morgan fingerprint density at radius 2 is 2.24 bits per heavy atom. The van der Waals surface area contributed by atoms with E-state index in [1.807, 2.05) is 13.0 Å². The highest BCUT2D eigenvalue weighted by atomic mass is 19.4. The second-order valence-electron chi connectivity index (χ2n) is 5.49. The number of carbonyl (C=O) groups excluding carboxylic acids is 1. The average molecular weight is 305 g/mol. The fourth-order valence-corrected chi connectivity index (χ4v) is 2.51. The van der Waals surface area contributed by atoms with Crippen LogP contribution in [0, 0.1) is 12.8 Å². The Morgan fingerprint density at radius 1 is 1.52 bits per heavy atom. The molecule has 1 aromatic rings. The van der Waals surface area contributed by atoms with Gasteiger partial charge in [0, 0.05) is 31.1 Å². The summed E-state index contributed by atoms with van der Waals surface area (Å²) >= 11 is 0. The fourth-order valence-electron chi connectivity index (χ4n) is 2.51. The van der Waals surface area contributed by atoms with Crippen molar-refractivity contribution in [2.45, 2.75) is 38.5 Å². The van der Waals surface area contributed by atoms with E-state index in [9.17, 15) is 23.1 Å². The van der Waals surface area contributed by atoms with Crippen LogP contribution in [0.5, 0.6) is 0 Å². The second kappa shape index (κ2) is 6.05. The highest BCUT2D eigenvalue weighted by Crippen LogP contribution is 2.25. The molecule has 0 spiro atoms. The third kappa shape index (κ3) is 4.45. The van der Waals surface area contributed by atoms with E-state index >= 15 is 0 Å². The van der Waals surface area contributed by atoms with Crippen LogP contribution in [0.1, 0.15) is 24.2 Å². The van der Waals surface area contributed by atoms with Crippen LogP contribution in [0.25, 0.3) is 0 Å². The molecule has 2 heterocycles. The van der Waals surface area contributed by atoms with Crippen LogP contribution >= 0.6 is 0 Å². The van der Waals surface area contributed by atoms with Crippen molar-refractivity contribution in [3.63, 3.8) is 0 Å². The lowest BCUT2D eigenvalue weighted by Gasteiger charge is -2.16. The molecule has 1 aliphatic rings. The van der Waals surface area contributed by atoms with Crippen molar-refractivity contribution in [3.8, 4) is 0 Å². The van der Waals surface area contributed by atoms with Crippen LogP contribution < -0.4 is 0 Å². The molecule has 0 aliphatic carbocycles. The van der Waals surface area contributed by atoms with Gasteiger partial charge in [-0.2, -0.15) is 18.3 Å². The summed E-state index contributed by atoms with van der Waals surface area (Å²) in [5.41, 5.74) is 1.68. The summed E-state index contributed by atoms with van der Waals surface area (Å²) in [6.45, 7) is 2.21. The van der Waals surface area contributed by atoms with E-state index in [2.05, 4.69) is 10.2 Å². The standard InChI is InChI=1S/C13H18F3N3O2/c1-8-4-10(18-17-8)5-9-6-19(7-11(9)20)12(21)2-3-13(14,15)16/h4,9,11,20H,2-3,5-7H2,1H3,(H,17,18)/t9-,11-/m1/s1. The Labute approximate surface area is 120 Å². The summed E-state index contributed by atoms with van der Waals surface area (Å²) in [6, 6.07) is 1.85. The number of nitrogens with zero attached hydrogens (tertiary/aromatic N) is 2. The molecule has 1 aromatic heterocycles. The Bertz CT molecular complexity index is 501. The first kappa shape index (κ1) is 15.8. The zero-order valence-corrected chi connectivity index (χ0v) is 11.7. The van der Waals surface area contributed by atoms with Crippen molar-refractivity contribution in [1.82, 2.24) is 15.1 Å². The van der Waals surface area contributed by atoms with Crippen molar-refractivity contribution in [1.29, 1.82) is 0 Å². The summed E-state index contributed by atoms with van der Waals surface area (Å²) in [4.78, 5) is 13.0. The molecule has 0 bridgehead atoms. The average Bonchev–Trinajstić information content (AvgIpc) is 2.93. The minimum absolute atomic E-state index is 0.0881. The van der Waals surface area contributed by atoms with Gasteiger partial charge in [-0.1, -0.05) is 0 Å². The Hall–Kier alpha value is -1.57. The minimum atomic E-state index is -4.33. The Balaban J connectivity index is 1.87. The summed E-state index contributed by atoms with van der Waals surface area (Å²) < 4.78 is 36.3. The van der Waals surface area contributed by atoms with E-state index in [0.717, 1.165) is 11.4 Å². The van der Waals surface area contributed by atoms with Gasteiger partial charge >= 0.3 is 6.18 Å². The molecule has 0 radical (unpaired) electrons. The lowest BCUT2D eigenvalue weighted by Crippen LogP contribution is -2.30.